The number of aliphatic hydroxyl groups is 1. The van der Waals surface area contributed by atoms with Crippen molar-refractivity contribution in [3.8, 4) is 11.3 Å². The maximum absolute atomic E-state index is 13.3. The van der Waals surface area contributed by atoms with Gasteiger partial charge in [0.05, 0.1) is 46.2 Å². The van der Waals surface area contributed by atoms with Crippen molar-refractivity contribution in [2.45, 2.75) is 38.8 Å². The zero-order chi connectivity index (χ0) is 21.3. The van der Waals surface area contributed by atoms with Gasteiger partial charge in [0.15, 0.2) is 5.76 Å². The molecule has 0 saturated carbocycles. The number of hydrogen-bond acceptors (Lipinski definition) is 5. The highest BCUT2D eigenvalue weighted by Gasteiger charge is 2.33. The van der Waals surface area contributed by atoms with Crippen LogP contribution in [0.25, 0.3) is 11.3 Å². The summed E-state index contributed by atoms with van der Waals surface area (Å²) < 4.78 is 7.16. The number of nitrogens with zero attached hydrogens (tertiary/aromatic N) is 4. The van der Waals surface area contributed by atoms with Gasteiger partial charge >= 0.3 is 0 Å². The highest BCUT2D eigenvalue weighted by Crippen LogP contribution is 2.37. The lowest BCUT2D eigenvalue weighted by molar-refractivity contribution is 0.0605. The average Bonchev–Trinajstić information content (AvgIpc) is 3.36. The van der Waals surface area contributed by atoms with Gasteiger partial charge in [0.25, 0.3) is 5.91 Å². The highest BCUT2D eigenvalue weighted by molar-refractivity contribution is 6.42. The minimum Gasteiger partial charge on any atom is -0.394 e. The Kier molecular flexibility index (Phi) is 6.13. The Labute approximate surface area is 184 Å². The van der Waals surface area contributed by atoms with Gasteiger partial charge in [0, 0.05) is 24.4 Å². The summed E-state index contributed by atoms with van der Waals surface area (Å²) in [5, 5.41) is 18.8. The fraction of sp³-hybridized carbons (Fsp3) is 0.381. The minimum atomic E-state index is -0.221. The van der Waals surface area contributed by atoms with Crippen LogP contribution < -0.4 is 0 Å². The molecule has 1 N–H and O–H groups in total. The molecule has 1 aromatic carbocycles. The van der Waals surface area contributed by atoms with Crippen LogP contribution in [0.1, 0.15) is 47.1 Å². The van der Waals surface area contributed by atoms with Crippen molar-refractivity contribution in [3.05, 3.63) is 57.5 Å². The molecule has 9 heteroatoms. The van der Waals surface area contributed by atoms with Gasteiger partial charge in [-0.3, -0.25) is 9.48 Å². The largest absolute Gasteiger partial charge is 0.394 e. The van der Waals surface area contributed by atoms with Gasteiger partial charge in [0.1, 0.15) is 0 Å². The molecule has 0 bridgehead atoms. The molecular weight excluding hydrogens is 427 g/mol. The van der Waals surface area contributed by atoms with Crippen LogP contribution in [-0.4, -0.2) is 44.0 Å². The zero-order valence-corrected chi connectivity index (χ0v) is 18.0. The molecule has 1 aliphatic rings. The van der Waals surface area contributed by atoms with E-state index in [0.717, 1.165) is 36.2 Å². The predicted octanol–water partition coefficient (Wildman–Crippen LogP) is 4.51. The molecule has 3 heterocycles. The molecule has 0 aliphatic carbocycles. The van der Waals surface area contributed by atoms with Crippen molar-refractivity contribution in [2.75, 3.05) is 13.2 Å². The molecule has 1 aliphatic heterocycles. The van der Waals surface area contributed by atoms with E-state index in [1.807, 2.05) is 24.1 Å². The number of halogens is 2. The number of hydrogen-bond donors (Lipinski definition) is 1. The molecule has 158 valence electrons. The molecule has 1 fully saturated rings. The van der Waals surface area contributed by atoms with Gasteiger partial charge in [-0.15, -0.1) is 0 Å². The number of aliphatic hydroxyl groups excluding tert-OH is 1. The number of aromatic nitrogens is 3. The quantitative estimate of drug-likeness (QED) is 0.620. The first kappa shape index (κ1) is 20.9. The lowest BCUT2D eigenvalue weighted by Crippen LogP contribution is -2.39. The number of likely N-dealkylation sites (tertiary alicyclic amines) is 1. The van der Waals surface area contributed by atoms with Gasteiger partial charge in [0.2, 0.25) is 0 Å². The van der Waals surface area contributed by atoms with Crippen LogP contribution in [0.4, 0.5) is 0 Å². The van der Waals surface area contributed by atoms with Crippen molar-refractivity contribution in [2.24, 2.45) is 0 Å². The number of benzene rings is 1. The first-order valence-corrected chi connectivity index (χ1v) is 10.6. The third kappa shape index (κ3) is 4.10. The van der Waals surface area contributed by atoms with Crippen LogP contribution in [0.2, 0.25) is 10.0 Å². The molecule has 30 heavy (non-hydrogen) atoms. The van der Waals surface area contributed by atoms with Crippen LogP contribution in [0.5, 0.6) is 0 Å². The molecule has 7 nitrogen and oxygen atoms in total. The standard InChI is InChI=1S/C21H22Cl2N4O3/c1-13-10-19(30-25-13)15-12-26(8-9-28)24-20(15)18-4-2-3-7-27(18)21(29)14-5-6-16(22)17(23)11-14/h5-6,10-12,18,28H,2-4,7-9H2,1H3/t18-/m0/s1. The van der Waals surface area contributed by atoms with E-state index in [1.165, 1.54) is 0 Å². The number of rotatable bonds is 5. The second kappa shape index (κ2) is 8.79. The Morgan fingerprint density at radius 2 is 2.10 bits per heavy atom. The number of piperidine rings is 1. The molecule has 3 aromatic rings. The Hall–Kier alpha value is -2.35. The summed E-state index contributed by atoms with van der Waals surface area (Å²) in [6.07, 6.45) is 4.51. The summed E-state index contributed by atoms with van der Waals surface area (Å²) in [6.45, 7) is 2.79. The Bertz CT molecular complexity index is 1060. The maximum atomic E-state index is 13.3. The lowest BCUT2D eigenvalue weighted by atomic mass is 9.95. The molecule has 0 spiro atoms. The minimum absolute atomic E-state index is 0.0351. The molecular formula is C21H22Cl2N4O3. The summed E-state index contributed by atoms with van der Waals surface area (Å²) in [6, 6.07) is 6.55. The van der Waals surface area contributed by atoms with E-state index in [4.69, 9.17) is 32.8 Å². The number of carbonyl (C=O) groups is 1. The van der Waals surface area contributed by atoms with E-state index >= 15 is 0 Å². The molecule has 0 radical (unpaired) electrons. The smallest absolute Gasteiger partial charge is 0.254 e. The topological polar surface area (TPSA) is 84.4 Å². The van der Waals surface area contributed by atoms with E-state index < -0.39 is 0 Å². The summed E-state index contributed by atoms with van der Waals surface area (Å²) in [5.74, 6) is 0.480. The third-order valence-corrected chi connectivity index (χ3v) is 6.00. The number of aryl methyl sites for hydroxylation is 1. The average molecular weight is 449 g/mol. The molecule has 1 amide bonds. The Balaban J connectivity index is 1.73. The first-order valence-electron chi connectivity index (χ1n) is 9.86. The summed E-state index contributed by atoms with van der Waals surface area (Å²) >= 11 is 12.1. The van der Waals surface area contributed by atoms with E-state index in [9.17, 15) is 9.90 Å². The molecule has 1 atom stereocenters. The summed E-state index contributed by atoms with van der Waals surface area (Å²) in [4.78, 5) is 15.2. The van der Waals surface area contributed by atoms with Gasteiger partial charge in [-0.25, -0.2) is 0 Å². The third-order valence-electron chi connectivity index (χ3n) is 5.26. The normalized spacial score (nSPS) is 16.8. The van der Waals surface area contributed by atoms with Crippen LogP contribution in [-0.2, 0) is 6.54 Å². The lowest BCUT2D eigenvalue weighted by Gasteiger charge is -2.35. The van der Waals surface area contributed by atoms with Gasteiger partial charge in [-0.2, -0.15) is 5.10 Å². The molecule has 1 saturated heterocycles. The van der Waals surface area contributed by atoms with Crippen molar-refractivity contribution in [1.29, 1.82) is 0 Å². The summed E-state index contributed by atoms with van der Waals surface area (Å²) in [5.41, 5.74) is 2.77. The zero-order valence-electron chi connectivity index (χ0n) is 16.5. The van der Waals surface area contributed by atoms with Crippen molar-refractivity contribution in [1.82, 2.24) is 19.8 Å². The SMILES string of the molecule is Cc1cc(-c2cn(CCO)nc2[C@@H]2CCCCN2C(=O)c2ccc(Cl)c(Cl)c2)on1. The number of carbonyl (C=O) groups excluding carboxylic acids is 1. The van der Waals surface area contributed by atoms with E-state index in [1.54, 1.807) is 22.9 Å². The van der Waals surface area contributed by atoms with Crippen LogP contribution in [0, 0.1) is 6.92 Å². The van der Waals surface area contributed by atoms with E-state index in [2.05, 4.69) is 5.16 Å². The maximum Gasteiger partial charge on any atom is 0.254 e. The second-order valence-electron chi connectivity index (χ2n) is 7.39. The predicted molar refractivity (Wildman–Crippen MR) is 114 cm³/mol. The van der Waals surface area contributed by atoms with Crippen molar-refractivity contribution >= 4 is 29.1 Å². The Morgan fingerprint density at radius 1 is 1.27 bits per heavy atom. The molecule has 4 rings (SSSR count). The van der Waals surface area contributed by atoms with Gasteiger partial charge in [-0.1, -0.05) is 28.4 Å². The monoisotopic (exact) mass is 448 g/mol. The van der Waals surface area contributed by atoms with Crippen molar-refractivity contribution in [3.63, 3.8) is 0 Å². The van der Waals surface area contributed by atoms with E-state index in [-0.39, 0.29) is 18.6 Å². The number of amides is 1. The first-order chi connectivity index (χ1) is 14.5. The summed E-state index contributed by atoms with van der Waals surface area (Å²) in [7, 11) is 0. The van der Waals surface area contributed by atoms with Gasteiger partial charge < -0.3 is 14.5 Å². The Morgan fingerprint density at radius 3 is 2.80 bits per heavy atom. The van der Waals surface area contributed by atoms with Crippen LogP contribution in [0.3, 0.4) is 0 Å². The molecule has 2 aromatic heterocycles. The van der Waals surface area contributed by atoms with Crippen LogP contribution in [0.15, 0.2) is 35.0 Å². The van der Waals surface area contributed by atoms with E-state index in [0.29, 0.717) is 34.5 Å². The second-order valence-corrected chi connectivity index (χ2v) is 8.20. The fourth-order valence-corrected chi connectivity index (χ4v) is 4.13. The van der Waals surface area contributed by atoms with Gasteiger partial charge in [-0.05, 0) is 44.4 Å². The fourth-order valence-electron chi connectivity index (χ4n) is 3.83. The van der Waals surface area contributed by atoms with Crippen molar-refractivity contribution < 1.29 is 14.4 Å². The van der Waals surface area contributed by atoms with Crippen LogP contribution >= 0.6 is 23.2 Å². The molecule has 0 unspecified atom stereocenters. The highest BCUT2D eigenvalue weighted by atomic mass is 35.5.